The van der Waals surface area contributed by atoms with E-state index in [1.165, 1.54) is 12.1 Å². The molecular weight excluding hydrogens is 317 g/mol. The van der Waals surface area contributed by atoms with Gasteiger partial charge in [-0.2, -0.15) is 0 Å². The first-order valence-electron chi connectivity index (χ1n) is 7.88. The molecule has 0 fully saturated rings. The molecule has 0 atom stereocenters. The van der Waals surface area contributed by atoms with Crippen molar-refractivity contribution in [3.8, 4) is 0 Å². The molecule has 2 aromatic carbocycles. The number of aryl methyl sites for hydroxylation is 2. The zero-order chi connectivity index (χ0) is 17.8. The molecule has 0 aliphatic rings. The number of halogens is 1. The third-order valence-corrected chi connectivity index (χ3v) is 3.77. The summed E-state index contributed by atoms with van der Waals surface area (Å²) in [6.07, 6.45) is 1.57. The smallest absolute Gasteiger partial charge is 0.274 e. The van der Waals surface area contributed by atoms with Crippen LogP contribution >= 0.6 is 0 Å². The van der Waals surface area contributed by atoms with Gasteiger partial charge >= 0.3 is 0 Å². The van der Waals surface area contributed by atoms with Gasteiger partial charge in [-0.25, -0.2) is 9.37 Å². The van der Waals surface area contributed by atoms with Gasteiger partial charge in [-0.05, 0) is 67.4 Å². The van der Waals surface area contributed by atoms with E-state index in [0.717, 1.165) is 28.2 Å². The van der Waals surface area contributed by atoms with E-state index in [0.29, 0.717) is 5.69 Å². The SMILES string of the molecule is Cc1ccc(C)c(NC(=O)c2ccc(Nc3ccc(F)cc3)cn2)c1. The van der Waals surface area contributed by atoms with Gasteiger partial charge in [-0.15, -0.1) is 0 Å². The number of nitrogens with zero attached hydrogens (tertiary/aromatic N) is 1. The average molecular weight is 335 g/mol. The second-order valence-electron chi connectivity index (χ2n) is 5.84. The van der Waals surface area contributed by atoms with Crippen molar-refractivity contribution in [1.29, 1.82) is 0 Å². The summed E-state index contributed by atoms with van der Waals surface area (Å²) < 4.78 is 12.9. The zero-order valence-electron chi connectivity index (χ0n) is 14.0. The minimum atomic E-state index is -0.290. The van der Waals surface area contributed by atoms with Gasteiger partial charge in [0.15, 0.2) is 0 Å². The van der Waals surface area contributed by atoms with Gasteiger partial charge in [0.25, 0.3) is 5.91 Å². The molecule has 2 N–H and O–H groups in total. The number of pyridine rings is 1. The number of aromatic nitrogens is 1. The standard InChI is InChI=1S/C20H18FN3O/c1-13-3-4-14(2)19(11-13)24-20(25)18-10-9-17(12-22-18)23-16-7-5-15(21)6-8-16/h3-12,23H,1-2H3,(H,24,25). The van der Waals surface area contributed by atoms with Gasteiger partial charge in [0.2, 0.25) is 0 Å². The molecule has 0 saturated carbocycles. The summed E-state index contributed by atoms with van der Waals surface area (Å²) in [5.74, 6) is -0.552. The number of hydrogen-bond acceptors (Lipinski definition) is 3. The van der Waals surface area contributed by atoms with Crippen molar-refractivity contribution in [3.63, 3.8) is 0 Å². The molecule has 0 saturated heterocycles. The lowest BCUT2D eigenvalue weighted by atomic mass is 10.1. The van der Waals surface area contributed by atoms with Crippen molar-refractivity contribution in [2.75, 3.05) is 10.6 Å². The van der Waals surface area contributed by atoms with Crippen LogP contribution in [0.3, 0.4) is 0 Å². The third kappa shape index (κ3) is 4.20. The number of rotatable bonds is 4. The topological polar surface area (TPSA) is 54.0 Å². The summed E-state index contributed by atoms with van der Waals surface area (Å²) in [5.41, 5.74) is 4.64. The van der Waals surface area contributed by atoms with Crippen LogP contribution in [0.5, 0.6) is 0 Å². The first kappa shape index (κ1) is 16.6. The fourth-order valence-electron chi connectivity index (χ4n) is 2.36. The maximum atomic E-state index is 12.9. The highest BCUT2D eigenvalue weighted by molar-refractivity contribution is 6.03. The Bertz CT molecular complexity index is 890. The summed E-state index contributed by atoms with van der Waals surface area (Å²) >= 11 is 0. The molecule has 0 bridgehead atoms. The minimum Gasteiger partial charge on any atom is -0.354 e. The Morgan fingerprint density at radius 2 is 1.68 bits per heavy atom. The van der Waals surface area contributed by atoms with Gasteiger partial charge in [0.1, 0.15) is 11.5 Å². The Morgan fingerprint density at radius 3 is 2.36 bits per heavy atom. The molecule has 3 rings (SSSR count). The van der Waals surface area contributed by atoms with Crippen molar-refractivity contribution < 1.29 is 9.18 Å². The molecule has 25 heavy (non-hydrogen) atoms. The molecule has 0 aliphatic carbocycles. The second-order valence-corrected chi connectivity index (χ2v) is 5.84. The normalized spacial score (nSPS) is 10.4. The van der Waals surface area contributed by atoms with Crippen molar-refractivity contribution in [2.45, 2.75) is 13.8 Å². The highest BCUT2D eigenvalue weighted by Crippen LogP contribution is 2.19. The van der Waals surface area contributed by atoms with Crippen molar-refractivity contribution in [3.05, 3.63) is 83.4 Å². The van der Waals surface area contributed by atoms with E-state index in [4.69, 9.17) is 0 Å². The molecule has 0 radical (unpaired) electrons. The predicted octanol–water partition coefficient (Wildman–Crippen LogP) is 4.83. The lowest BCUT2D eigenvalue weighted by Gasteiger charge is -2.10. The first-order valence-corrected chi connectivity index (χ1v) is 7.88. The Morgan fingerprint density at radius 1 is 0.960 bits per heavy atom. The van der Waals surface area contributed by atoms with E-state index < -0.39 is 0 Å². The zero-order valence-corrected chi connectivity index (χ0v) is 14.0. The summed E-state index contributed by atoms with van der Waals surface area (Å²) in [6, 6.07) is 15.3. The Balaban J connectivity index is 1.70. The van der Waals surface area contributed by atoms with Gasteiger partial charge in [0, 0.05) is 11.4 Å². The van der Waals surface area contributed by atoms with E-state index >= 15 is 0 Å². The van der Waals surface area contributed by atoms with Crippen LogP contribution in [0.4, 0.5) is 21.5 Å². The van der Waals surface area contributed by atoms with Crippen LogP contribution in [0.1, 0.15) is 21.6 Å². The Kier molecular flexibility index (Phi) is 4.75. The van der Waals surface area contributed by atoms with E-state index in [2.05, 4.69) is 15.6 Å². The fraction of sp³-hybridized carbons (Fsp3) is 0.100. The molecule has 0 unspecified atom stereocenters. The third-order valence-electron chi connectivity index (χ3n) is 3.77. The van der Waals surface area contributed by atoms with E-state index in [1.807, 2.05) is 32.0 Å². The lowest BCUT2D eigenvalue weighted by Crippen LogP contribution is -2.14. The highest BCUT2D eigenvalue weighted by Gasteiger charge is 2.09. The molecule has 0 aliphatic heterocycles. The summed E-state index contributed by atoms with van der Waals surface area (Å²) in [7, 11) is 0. The molecule has 1 amide bonds. The second kappa shape index (κ2) is 7.13. The summed E-state index contributed by atoms with van der Waals surface area (Å²) in [5, 5.41) is 5.98. The minimum absolute atomic E-state index is 0.262. The van der Waals surface area contributed by atoms with E-state index in [9.17, 15) is 9.18 Å². The van der Waals surface area contributed by atoms with Crippen molar-refractivity contribution >= 4 is 23.0 Å². The van der Waals surface area contributed by atoms with E-state index in [-0.39, 0.29) is 11.7 Å². The number of carbonyl (C=O) groups excluding carboxylic acids is 1. The quantitative estimate of drug-likeness (QED) is 0.718. The number of hydrogen-bond donors (Lipinski definition) is 2. The highest BCUT2D eigenvalue weighted by atomic mass is 19.1. The molecule has 126 valence electrons. The van der Waals surface area contributed by atoms with Crippen molar-refractivity contribution in [2.24, 2.45) is 0 Å². The number of amides is 1. The molecule has 1 aromatic heterocycles. The van der Waals surface area contributed by atoms with Gasteiger partial charge in [0.05, 0.1) is 11.9 Å². The molecule has 0 spiro atoms. The van der Waals surface area contributed by atoms with Crippen LogP contribution in [0.2, 0.25) is 0 Å². The molecule has 3 aromatic rings. The molecular formula is C20H18FN3O. The van der Waals surface area contributed by atoms with Crippen LogP contribution in [-0.2, 0) is 0 Å². The number of anilines is 3. The largest absolute Gasteiger partial charge is 0.354 e. The average Bonchev–Trinajstić information content (AvgIpc) is 2.61. The monoisotopic (exact) mass is 335 g/mol. The lowest BCUT2D eigenvalue weighted by molar-refractivity contribution is 0.102. The van der Waals surface area contributed by atoms with E-state index in [1.54, 1.807) is 30.5 Å². The molecule has 5 heteroatoms. The van der Waals surface area contributed by atoms with Crippen LogP contribution in [0.15, 0.2) is 60.8 Å². The fourth-order valence-corrected chi connectivity index (χ4v) is 2.36. The Labute approximate surface area is 145 Å². The van der Waals surface area contributed by atoms with Gasteiger partial charge in [-0.3, -0.25) is 4.79 Å². The Hall–Kier alpha value is -3.21. The maximum absolute atomic E-state index is 12.9. The summed E-state index contributed by atoms with van der Waals surface area (Å²) in [4.78, 5) is 16.5. The van der Waals surface area contributed by atoms with Crippen molar-refractivity contribution in [1.82, 2.24) is 4.98 Å². The van der Waals surface area contributed by atoms with Crippen LogP contribution < -0.4 is 10.6 Å². The predicted molar refractivity (Wildman–Crippen MR) is 97.8 cm³/mol. The van der Waals surface area contributed by atoms with Gasteiger partial charge in [-0.1, -0.05) is 12.1 Å². The number of benzene rings is 2. The summed E-state index contributed by atoms with van der Waals surface area (Å²) in [6.45, 7) is 3.92. The van der Waals surface area contributed by atoms with Gasteiger partial charge < -0.3 is 10.6 Å². The molecule has 4 nitrogen and oxygen atoms in total. The maximum Gasteiger partial charge on any atom is 0.274 e. The van der Waals surface area contributed by atoms with Crippen LogP contribution in [0.25, 0.3) is 0 Å². The molecule has 1 heterocycles. The van der Waals surface area contributed by atoms with Crippen LogP contribution in [-0.4, -0.2) is 10.9 Å². The first-order chi connectivity index (χ1) is 12.0. The number of carbonyl (C=O) groups is 1. The number of nitrogens with one attached hydrogen (secondary N) is 2. The van der Waals surface area contributed by atoms with Crippen LogP contribution in [0, 0.1) is 19.7 Å².